The molecule has 0 radical (unpaired) electrons. The first-order chi connectivity index (χ1) is 8.18. The van der Waals surface area contributed by atoms with Gasteiger partial charge in [-0.05, 0) is 32.0 Å². The van der Waals surface area contributed by atoms with E-state index >= 15 is 0 Å². The van der Waals surface area contributed by atoms with Crippen LogP contribution in [0.25, 0.3) is 0 Å². The Hall–Kier alpha value is -1.14. The zero-order valence-corrected chi connectivity index (χ0v) is 10.5. The summed E-state index contributed by atoms with van der Waals surface area (Å²) < 4.78 is 6.58. The highest BCUT2D eigenvalue weighted by Crippen LogP contribution is 2.06. The van der Waals surface area contributed by atoms with E-state index in [0.29, 0.717) is 12.2 Å². The summed E-state index contributed by atoms with van der Waals surface area (Å²) in [6.07, 6.45) is 3.74. The third kappa shape index (κ3) is 2.95. The summed E-state index contributed by atoms with van der Waals surface area (Å²) in [6, 6.07) is 0.194. The van der Waals surface area contributed by atoms with Gasteiger partial charge in [-0.3, -0.25) is 4.52 Å². The van der Waals surface area contributed by atoms with Crippen LogP contribution in [0.4, 0.5) is 0 Å². The zero-order valence-electron chi connectivity index (χ0n) is 10.5. The monoisotopic (exact) mass is 241 g/mol. The van der Waals surface area contributed by atoms with E-state index in [1.54, 1.807) is 4.68 Å². The number of nitrogens with one attached hydrogen (secondary N) is 2. The lowest BCUT2D eigenvalue weighted by molar-refractivity contribution is -0.785. The average molecular weight is 241 g/mol. The van der Waals surface area contributed by atoms with Crippen molar-refractivity contribution in [2.75, 3.05) is 13.1 Å². The van der Waals surface area contributed by atoms with E-state index < -0.39 is 0 Å². The van der Waals surface area contributed by atoms with Gasteiger partial charge in [0, 0.05) is 13.1 Å². The molecule has 0 saturated carbocycles. The smallest absolute Gasteiger partial charge is 0.283 e. The molecule has 1 fully saturated rings. The van der Waals surface area contributed by atoms with Crippen LogP contribution in [-0.4, -0.2) is 23.4 Å². The van der Waals surface area contributed by atoms with Crippen LogP contribution in [0, 0.1) is 0 Å². The SMILES string of the molecule is CC(C)[n+]1[nH]oc(=O)c1CNN1CCCCC1. The van der Waals surface area contributed by atoms with E-state index in [1.165, 1.54) is 19.3 Å². The lowest BCUT2D eigenvalue weighted by Gasteiger charge is -2.26. The lowest BCUT2D eigenvalue weighted by atomic mass is 10.2. The van der Waals surface area contributed by atoms with Gasteiger partial charge in [-0.2, -0.15) is 0 Å². The van der Waals surface area contributed by atoms with Gasteiger partial charge in [0.05, 0.1) is 0 Å². The molecule has 1 aliphatic heterocycles. The Morgan fingerprint density at radius 1 is 1.41 bits per heavy atom. The standard InChI is InChI=1S/C11H20N4O2/c1-9(2)15-10(11(16)17-13-15)8-12-14-6-4-3-5-7-14/h9,12H,3-8H2,1-2H3/p+1. The normalized spacial score (nSPS) is 17.8. The lowest BCUT2D eigenvalue weighted by Crippen LogP contribution is -2.48. The van der Waals surface area contributed by atoms with E-state index in [-0.39, 0.29) is 11.7 Å². The molecule has 0 amide bonds. The van der Waals surface area contributed by atoms with E-state index in [4.69, 9.17) is 4.52 Å². The summed E-state index contributed by atoms with van der Waals surface area (Å²) in [5.74, 6) is 0. The number of aromatic amines is 1. The molecule has 2 rings (SSSR count). The molecule has 1 aromatic heterocycles. The van der Waals surface area contributed by atoms with E-state index in [2.05, 4.69) is 15.7 Å². The number of hydrogen-bond acceptors (Lipinski definition) is 4. The van der Waals surface area contributed by atoms with Crippen LogP contribution in [0.5, 0.6) is 0 Å². The van der Waals surface area contributed by atoms with E-state index in [1.807, 2.05) is 13.8 Å². The summed E-state index contributed by atoms with van der Waals surface area (Å²) in [6.45, 7) is 6.64. The largest absolute Gasteiger partial charge is 0.431 e. The summed E-state index contributed by atoms with van der Waals surface area (Å²) >= 11 is 0. The molecule has 0 aliphatic carbocycles. The maximum absolute atomic E-state index is 11.5. The Kier molecular flexibility index (Phi) is 3.96. The van der Waals surface area contributed by atoms with Crippen molar-refractivity contribution in [3.05, 3.63) is 16.1 Å². The van der Waals surface area contributed by atoms with Gasteiger partial charge in [-0.15, -0.1) is 0 Å². The summed E-state index contributed by atoms with van der Waals surface area (Å²) in [4.78, 5) is 11.5. The Labute approximate surface area is 101 Å². The number of hydrazine groups is 1. The molecule has 1 saturated heterocycles. The second kappa shape index (κ2) is 5.46. The fourth-order valence-electron chi connectivity index (χ4n) is 2.12. The highest BCUT2D eigenvalue weighted by Gasteiger charge is 2.24. The number of rotatable bonds is 4. The van der Waals surface area contributed by atoms with E-state index in [9.17, 15) is 4.79 Å². The van der Waals surface area contributed by atoms with Crippen molar-refractivity contribution in [1.82, 2.24) is 15.7 Å². The predicted molar refractivity (Wildman–Crippen MR) is 62.2 cm³/mol. The molecule has 96 valence electrons. The average Bonchev–Trinajstić information content (AvgIpc) is 2.69. The summed E-state index contributed by atoms with van der Waals surface area (Å²) in [5, 5.41) is 4.81. The zero-order chi connectivity index (χ0) is 12.3. The Morgan fingerprint density at radius 3 is 2.76 bits per heavy atom. The molecular weight excluding hydrogens is 220 g/mol. The number of H-pyrrole nitrogens is 1. The highest BCUT2D eigenvalue weighted by atomic mass is 16.5. The molecule has 0 bridgehead atoms. The minimum Gasteiger partial charge on any atom is -0.283 e. The van der Waals surface area contributed by atoms with Gasteiger partial charge in [0.1, 0.15) is 6.54 Å². The van der Waals surface area contributed by atoms with Gasteiger partial charge in [-0.1, -0.05) is 11.1 Å². The second-order valence-corrected chi connectivity index (χ2v) is 4.77. The van der Waals surface area contributed by atoms with Gasteiger partial charge in [0.15, 0.2) is 6.04 Å². The Morgan fingerprint density at radius 2 is 2.12 bits per heavy atom. The second-order valence-electron chi connectivity index (χ2n) is 4.77. The van der Waals surface area contributed by atoms with Crippen LogP contribution < -0.4 is 15.7 Å². The quantitative estimate of drug-likeness (QED) is 0.745. The fraction of sp³-hybridized carbons (Fsp3) is 0.818. The van der Waals surface area contributed by atoms with Gasteiger partial charge in [-0.25, -0.2) is 15.2 Å². The van der Waals surface area contributed by atoms with E-state index in [0.717, 1.165) is 13.1 Å². The van der Waals surface area contributed by atoms with Crippen LogP contribution in [0.2, 0.25) is 0 Å². The van der Waals surface area contributed by atoms with Crippen molar-refractivity contribution < 1.29 is 9.20 Å². The number of piperidine rings is 1. The Balaban J connectivity index is 1.98. The van der Waals surface area contributed by atoms with Gasteiger partial charge < -0.3 is 0 Å². The van der Waals surface area contributed by atoms with Crippen LogP contribution in [0.3, 0.4) is 0 Å². The fourth-order valence-corrected chi connectivity index (χ4v) is 2.12. The minimum atomic E-state index is -0.289. The number of nitrogens with zero attached hydrogens (tertiary/aromatic N) is 2. The molecule has 17 heavy (non-hydrogen) atoms. The van der Waals surface area contributed by atoms with Crippen molar-refractivity contribution in [2.24, 2.45) is 0 Å². The Bertz CT molecular complexity index is 404. The first-order valence-electron chi connectivity index (χ1n) is 6.29. The number of aromatic nitrogens is 2. The molecule has 0 aromatic carbocycles. The van der Waals surface area contributed by atoms with Crippen LogP contribution >= 0.6 is 0 Å². The summed E-state index contributed by atoms with van der Waals surface area (Å²) in [7, 11) is 0. The summed E-state index contributed by atoms with van der Waals surface area (Å²) in [5.41, 5.74) is 3.65. The molecule has 1 aromatic rings. The highest BCUT2D eigenvalue weighted by molar-refractivity contribution is 4.82. The molecule has 2 N–H and O–H groups in total. The van der Waals surface area contributed by atoms with Crippen LogP contribution in [0.15, 0.2) is 9.32 Å². The topological polar surface area (TPSA) is 65.2 Å². The van der Waals surface area contributed by atoms with Crippen LogP contribution in [-0.2, 0) is 6.54 Å². The molecule has 2 heterocycles. The first kappa shape index (κ1) is 12.3. The molecule has 0 unspecified atom stereocenters. The third-order valence-electron chi connectivity index (χ3n) is 3.11. The molecule has 6 nitrogen and oxygen atoms in total. The third-order valence-corrected chi connectivity index (χ3v) is 3.11. The molecule has 0 spiro atoms. The molecule has 1 aliphatic rings. The first-order valence-corrected chi connectivity index (χ1v) is 6.29. The van der Waals surface area contributed by atoms with Crippen molar-refractivity contribution >= 4 is 0 Å². The number of hydrogen-bond donors (Lipinski definition) is 2. The van der Waals surface area contributed by atoms with Gasteiger partial charge in [0.25, 0.3) is 0 Å². The van der Waals surface area contributed by atoms with Crippen molar-refractivity contribution in [2.45, 2.75) is 45.7 Å². The molecule has 6 heteroatoms. The van der Waals surface area contributed by atoms with Gasteiger partial charge in [0.2, 0.25) is 0 Å². The molecule has 0 atom stereocenters. The molecular formula is C11H21N4O2+. The van der Waals surface area contributed by atoms with Gasteiger partial charge >= 0.3 is 11.3 Å². The van der Waals surface area contributed by atoms with Crippen LogP contribution in [0.1, 0.15) is 44.8 Å². The van der Waals surface area contributed by atoms with Crippen molar-refractivity contribution in [3.63, 3.8) is 0 Å². The van der Waals surface area contributed by atoms with Crippen molar-refractivity contribution in [3.8, 4) is 0 Å². The van der Waals surface area contributed by atoms with Crippen molar-refractivity contribution in [1.29, 1.82) is 0 Å². The maximum atomic E-state index is 11.5. The maximum Gasteiger partial charge on any atom is 0.431 e. The predicted octanol–water partition coefficient (Wildman–Crippen LogP) is 0.327. The minimum absolute atomic E-state index is 0.194.